The molecule has 0 spiro atoms. The number of aryl methyl sites for hydroxylation is 1. The highest BCUT2D eigenvalue weighted by molar-refractivity contribution is 7.24. The summed E-state index contributed by atoms with van der Waals surface area (Å²) in [6.45, 7) is 5.03. The first kappa shape index (κ1) is 14.5. The summed E-state index contributed by atoms with van der Waals surface area (Å²) in [5, 5.41) is 4.68. The largest absolute Gasteiger partial charge is 0.370 e. The van der Waals surface area contributed by atoms with E-state index < -0.39 is 0 Å². The Morgan fingerprint density at radius 3 is 2.76 bits per heavy atom. The number of nitrogens with two attached hydrogens (primary N) is 1. The number of fused-ring (bicyclic) bond motifs is 1. The minimum Gasteiger partial charge on any atom is -0.370 e. The van der Waals surface area contributed by atoms with Crippen molar-refractivity contribution in [2.24, 2.45) is 5.73 Å². The van der Waals surface area contributed by atoms with Crippen LogP contribution in [0.4, 0.5) is 5.00 Å². The maximum atomic E-state index is 5.93. The Morgan fingerprint density at radius 2 is 2.05 bits per heavy atom. The van der Waals surface area contributed by atoms with Crippen LogP contribution in [0, 0.1) is 6.92 Å². The molecule has 0 bridgehead atoms. The van der Waals surface area contributed by atoms with Crippen LogP contribution in [0.1, 0.15) is 22.9 Å². The van der Waals surface area contributed by atoms with Crippen molar-refractivity contribution in [2.45, 2.75) is 32.9 Å². The third-order valence-corrected chi connectivity index (χ3v) is 5.71. The lowest BCUT2D eigenvalue weighted by Gasteiger charge is -2.04. The fraction of sp³-hybridized carbons (Fsp3) is 0.312. The number of anilines is 1. The van der Waals surface area contributed by atoms with Gasteiger partial charge in [-0.25, -0.2) is 0 Å². The van der Waals surface area contributed by atoms with Gasteiger partial charge in [0, 0.05) is 17.5 Å². The Morgan fingerprint density at radius 1 is 1.29 bits per heavy atom. The second-order valence-electron chi connectivity index (χ2n) is 5.36. The summed E-state index contributed by atoms with van der Waals surface area (Å²) in [7, 11) is 0. The molecule has 1 aromatic carbocycles. The van der Waals surface area contributed by atoms with Gasteiger partial charge in [0.1, 0.15) is 10.5 Å². The maximum Gasteiger partial charge on any atom is 0.127 e. The summed E-state index contributed by atoms with van der Waals surface area (Å²) in [6.07, 6.45) is 0.926. The highest BCUT2D eigenvalue weighted by Gasteiger charge is 2.16. The summed E-state index contributed by atoms with van der Waals surface area (Å²) in [6, 6.07) is 10.6. The van der Waals surface area contributed by atoms with E-state index >= 15 is 0 Å². The predicted molar refractivity (Wildman–Crippen MR) is 93.4 cm³/mol. The normalized spacial score (nSPS) is 12.7. The second kappa shape index (κ2) is 6.13. The monoisotopic (exact) mass is 317 g/mol. The number of thiophene rings is 1. The summed E-state index contributed by atoms with van der Waals surface area (Å²) >= 11 is 3.37. The van der Waals surface area contributed by atoms with Crippen LogP contribution in [0.2, 0.25) is 0 Å². The van der Waals surface area contributed by atoms with Gasteiger partial charge in [-0.15, -0.1) is 11.3 Å². The molecule has 0 radical (unpaired) electrons. The number of nitrogens with one attached hydrogen (secondary N) is 1. The summed E-state index contributed by atoms with van der Waals surface area (Å²) in [5.74, 6) is 0. The van der Waals surface area contributed by atoms with Crippen LogP contribution in [0.15, 0.2) is 30.3 Å². The van der Waals surface area contributed by atoms with Crippen molar-refractivity contribution in [1.29, 1.82) is 0 Å². The number of benzene rings is 1. The van der Waals surface area contributed by atoms with E-state index in [1.807, 2.05) is 17.4 Å². The van der Waals surface area contributed by atoms with E-state index in [1.54, 1.807) is 11.5 Å². The van der Waals surface area contributed by atoms with Gasteiger partial charge >= 0.3 is 0 Å². The van der Waals surface area contributed by atoms with Crippen LogP contribution in [-0.4, -0.2) is 10.4 Å². The van der Waals surface area contributed by atoms with Crippen LogP contribution >= 0.6 is 22.9 Å². The quantitative estimate of drug-likeness (QED) is 0.742. The van der Waals surface area contributed by atoms with Crippen molar-refractivity contribution in [1.82, 2.24) is 4.37 Å². The van der Waals surface area contributed by atoms with E-state index in [1.165, 1.54) is 20.7 Å². The molecule has 21 heavy (non-hydrogen) atoms. The van der Waals surface area contributed by atoms with Gasteiger partial charge in [0.2, 0.25) is 0 Å². The first-order valence-electron chi connectivity index (χ1n) is 7.06. The topological polar surface area (TPSA) is 50.9 Å². The van der Waals surface area contributed by atoms with Gasteiger partial charge < -0.3 is 11.1 Å². The average molecular weight is 317 g/mol. The van der Waals surface area contributed by atoms with Crippen LogP contribution < -0.4 is 11.1 Å². The molecule has 3 nitrogen and oxygen atoms in total. The smallest absolute Gasteiger partial charge is 0.127 e. The van der Waals surface area contributed by atoms with Gasteiger partial charge in [-0.3, -0.25) is 0 Å². The summed E-state index contributed by atoms with van der Waals surface area (Å²) in [5.41, 5.74) is 9.63. The molecule has 3 aromatic rings. The molecule has 2 aromatic heterocycles. The molecule has 0 saturated carbocycles. The molecule has 1 atom stereocenters. The zero-order valence-electron chi connectivity index (χ0n) is 12.2. The van der Waals surface area contributed by atoms with Gasteiger partial charge in [0.15, 0.2) is 0 Å². The molecule has 110 valence electrons. The Hall–Kier alpha value is -1.43. The Bertz CT molecular complexity index is 729. The lowest BCUT2D eigenvalue weighted by molar-refractivity contribution is 0.744. The number of nitrogens with zero attached hydrogens (tertiary/aromatic N) is 1. The number of aromatic nitrogens is 1. The zero-order valence-corrected chi connectivity index (χ0v) is 13.9. The third kappa shape index (κ3) is 3.10. The van der Waals surface area contributed by atoms with Crippen molar-refractivity contribution >= 4 is 38.1 Å². The molecule has 0 amide bonds. The molecule has 0 fully saturated rings. The first-order chi connectivity index (χ1) is 10.1. The average Bonchev–Trinajstić information content (AvgIpc) is 2.99. The van der Waals surface area contributed by atoms with Crippen LogP contribution in [0.5, 0.6) is 0 Å². The van der Waals surface area contributed by atoms with Crippen molar-refractivity contribution in [3.05, 3.63) is 46.3 Å². The number of hydrogen-bond acceptors (Lipinski definition) is 5. The SMILES string of the molecule is Cc1c(C[C@H](C)N)sc2c(NCc3ccccc3)snc12. The maximum absolute atomic E-state index is 5.93. The van der Waals surface area contributed by atoms with Gasteiger partial charge in [0.05, 0.1) is 4.70 Å². The second-order valence-corrected chi connectivity index (χ2v) is 7.24. The van der Waals surface area contributed by atoms with E-state index in [0.29, 0.717) is 0 Å². The van der Waals surface area contributed by atoms with Crippen molar-refractivity contribution in [3.63, 3.8) is 0 Å². The first-order valence-corrected chi connectivity index (χ1v) is 8.65. The van der Waals surface area contributed by atoms with Crippen LogP contribution in [0.25, 0.3) is 10.2 Å². The van der Waals surface area contributed by atoms with E-state index in [4.69, 9.17) is 5.73 Å². The Labute approximate surface area is 133 Å². The van der Waals surface area contributed by atoms with Gasteiger partial charge in [0.25, 0.3) is 0 Å². The molecule has 3 N–H and O–H groups in total. The lowest BCUT2D eigenvalue weighted by atomic mass is 10.1. The minimum atomic E-state index is 0.191. The van der Waals surface area contributed by atoms with E-state index in [-0.39, 0.29) is 6.04 Å². The van der Waals surface area contributed by atoms with Crippen molar-refractivity contribution < 1.29 is 0 Å². The number of hydrogen-bond donors (Lipinski definition) is 2. The Kier molecular flexibility index (Phi) is 4.24. The summed E-state index contributed by atoms with van der Waals surface area (Å²) in [4.78, 5) is 1.36. The summed E-state index contributed by atoms with van der Waals surface area (Å²) < 4.78 is 5.87. The molecule has 3 rings (SSSR count). The van der Waals surface area contributed by atoms with Gasteiger partial charge in [-0.05, 0) is 42.9 Å². The van der Waals surface area contributed by atoms with E-state index in [0.717, 1.165) is 23.5 Å². The molecular formula is C16H19N3S2. The lowest BCUT2D eigenvalue weighted by Crippen LogP contribution is -2.17. The molecule has 0 unspecified atom stereocenters. The number of rotatable bonds is 5. The predicted octanol–water partition coefficient (Wildman–Crippen LogP) is 4.17. The standard InChI is InChI=1S/C16H19N3S2/c1-10(17)8-13-11(2)14-15(20-13)16(21-19-14)18-9-12-6-4-3-5-7-12/h3-7,10,18H,8-9,17H2,1-2H3/t10-/m0/s1. The van der Waals surface area contributed by atoms with E-state index in [2.05, 4.69) is 47.8 Å². The minimum absolute atomic E-state index is 0.191. The fourth-order valence-electron chi connectivity index (χ4n) is 2.32. The van der Waals surface area contributed by atoms with Crippen LogP contribution in [-0.2, 0) is 13.0 Å². The van der Waals surface area contributed by atoms with Crippen molar-refractivity contribution in [3.8, 4) is 0 Å². The molecule has 0 aliphatic rings. The van der Waals surface area contributed by atoms with Gasteiger partial charge in [-0.2, -0.15) is 4.37 Å². The fourth-order valence-corrected chi connectivity index (χ4v) is 4.65. The molecule has 0 aliphatic heterocycles. The highest BCUT2D eigenvalue weighted by atomic mass is 32.1. The molecule has 0 aliphatic carbocycles. The van der Waals surface area contributed by atoms with E-state index in [9.17, 15) is 0 Å². The molecule has 5 heteroatoms. The molecular weight excluding hydrogens is 298 g/mol. The molecule has 0 saturated heterocycles. The zero-order chi connectivity index (χ0) is 14.8. The molecule has 2 heterocycles. The Balaban J connectivity index is 1.83. The highest BCUT2D eigenvalue weighted by Crippen LogP contribution is 2.38. The van der Waals surface area contributed by atoms with Crippen molar-refractivity contribution in [2.75, 3.05) is 5.32 Å². The van der Waals surface area contributed by atoms with Gasteiger partial charge in [-0.1, -0.05) is 30.3 Å². The third-order valence-electron chi connectivity index (χ3n) is 3.45. The van der Waals surface area contributed by atoms with Crippen LogP contribution in [0.3, 0.4) is 0 Å².